The Kier molecular flexibility index (Phi) is 5.02. The predicted molar refractivity (Wildman–Crippen MR) is 63.7 cm³/mol. The van der Waals surface area contributed by atoms with Gasteiger partial charge in [-0.3, -0.25) is 0 Å². The average Bonchev–Trinajstić information content (AvgIpc) is 2.40. The first kappa shape index (κ1) is 14.4. The van der Waals surface area contributed by atoms with Crippen LogP contribution in [0, 0.1) is 17.2 Å². The third-order valence-electron chi connectivity index (χ3n) is 2.42. The zero-order chi connectivity index (χ0) is 13.6. The van der Waals surface area contributed by atoms with Crippen molar-refractivity contribution in [1.29, 1.82) is 5.26 Å². The summed E-state index contributed by atoms with van der Waals surface area (Å²) < 4.78 is 28.6. The van der Waals surface area contributed by atoms with E-state index in [0.717, 1.165) is 0 Å². The average molecular weight is 314 g/mol. The Morgan fingerprint density at radius 2 is 2.00 bits per heavy atom. The molecule has 18 heavy (non-hydrogen) atoms. The molecule has 1 rings (SSSR count). The monoisotopic (exact) mass is 315 g/mol. The van der Waals surface area contributed by atoms with Crippen LogP contribution in [0.4, 0.5) is 0 Å². The molecular weight excluding hydrogens is 301 g/mol. The zero-order valence-electron chi connectivity index (χ0n) is 9.87. The van der Waals surface area contributed by atoms with Crippen molar-refractivity contribution in [3.05, 3.63) is 30.3 Å². The van der Waals surface area contributed by atoms with Gasteiger partial charge in [0.05, 0.1) is 0 Å². The van der Waals surface area contributed by atoms with E-state index >= 15 is 0 Å². The number of rotatable bonds is 5. The standard InChI is InChI=1S/C12H13NO4Se/c1-17-12(14)10(9-13)7-8-18(15,16)11-5-3-2-4-6-11/h2-6,10H,7-8H2,1H3/t10-/m1/s1. The molecule has 0 bridgehead atoms. The number of esters is 1. The van der Waals surface area contributed by atoms with Gasteiger partial charge in [0.2, 0.25) is 0 Å². The van der Waals surface area contributed by atoms with Crippen molar-refractivity contribution < 1.29 is 17.2 Å². The minimum atomic E-state index is -4.27. The number of nitrogens with zero attached hydrogens (tertiary/aromatic N) is 1. The van der Waals surface area contributed by atoms with Crippen molar-refractivity contribution >= 4 is 23.1 Å². The fourth-order valence-corrected chi connectivity index (χ4v) is 4.24. The first-order chi connectivity index (χ1) is 8.51. The third-order valence-corrected chi connectivity index (χ3v) is 6.12. The van der Waals surface area contributed by atoms with E-state index in [0.29, 0.717) is 0 Å². The molecule has 0 N–H and O–H groups in total. The summed E-state index contributed by atoms with van der Waals surface area (Å²) in [5.41, 5.74) is 0. The number of benzene rings is 1. The Hall–Kier alpha value is -1.70. The number of ether oxygens (including phenoxy) is 1. The molecule has 0 unspecified atom stereocenters. The van der Waals surface area contributed by atoms with E-state index in [1.54, 1.807) is 24.3 Å². The molecule has 6 heteroatoms. The third kappa shape index (κ3) is 3.66. The number of carbonyl (C=O) groups is 1. The van der Waals surface area contributed by atoms with Crippen LogP contribution in [-0.4, -0.2) is 25.8 Å². The fourth-order valence-electron chi connectivity index (χ4n) is 1.40. The predicted octanol–water partition coefficient (Wildman–Crippen LogP) is 0.900. The molecule has 0 saturated carbocycles. The molecule has 0 saturated heterocycles. The molecule has 1 atom stereocenters. The fraction of sp³-hybridized carbons (Fsp3) is 0.333. The number of methoxy groups -OCH3 is 1. The van der Waals surface area contributed by atoms with Crippen molar-refractivity contribution in [2.24, 2.45) is 5.92 Å². The van der Waals surface area contributed by atoms with Gasteiger partial charge in [0.15, 0.2) is 0 Å². The Bertz CT molecular complexity index is 545. The summed E-state index contributed by atoms with van der Waals surface area (Å²) in [6.45, 7) is 0. The van der Waals surface area contributed by atoms with Crippen LogP contribution in [0.3, 0.4) is 0 Å². The summed E-state index contributed by atoms with van der Waals surface area (Å²) >= 11 is -4.27. The summed E-state index contributed by atoms with van der Waals surface area (Å²) in [6, 6.07) is 9.78. The van der Waals surface area contributed by atoms with Gasteiger partial charge in [-0.1, -0.05) is 0 Å². The van der Waals surface area contributed by atoms with E-state index < -0.39 is 24.6 Å². The molecule has 1 aromatic rings. The number of carbonyl (C=O) groups excluding carboxylic acids is 1. The summed E-state index contributed by atoms with van der Waals surface area (Å²) in [5.74, 6) is -1.73. The quantitative estimate of drug-likeness (QED) is 0.595. The maximum atomic E-state index is 12.0. The number of hydrogen-bond acceptors (Lipinski definition) is 5. The van der Waals surface area contributed by atoms with Gasteiger partial charge in [-0.25, -0.2) is 0 Å². The number of hydrogen-bond donors (Lipinski definition) is 0. The molecule has 0 aromatic heterocycles. The second-order valence-electron chi connectivity index (χ2n) is 3.63. The second-order valence-corrected chi connectivity index (χ2v) is 8.05. The van der Waals surface area contributed by atoms with E-state index in [9.17, 15) is 12.5 Å². The molecular formula is C12H13NO4Se. The van der Waals surface area contributed by atoms with Crippen LogP contribution in [0.1, 0.15) is 6.42 Å². The van der Waals surface area contributed by atoms with Crippen LogP contribution in [0.25, 0.3) is 0 Å². The van der Waals surface area contributed by atoms with Crippen molar-refractivity contribution in [2.75, 3.05) is 7.11 Å². The van der Waals surface area contributed by atoms with Crippen molar-refractivity contribution in [3.63, 3.8) is 0 Å². The Morgan fingerprint density at radius 1 is 1.39 bits per heavy atom. The maximum absolute atomic E-state index is 12.0. The topological polar surface area (TPSA) is 84.2 Å². The van der Waals surface area contributed by atoms with Gasteiger partial charge in [0.1, 0.15) is 0 Å². The molecule has 0 aliphatic heterocycles. The van der Waals surface area contributed by atoms with Gasteiger partial charge < -0.3 is 0 Å². The number of nitriles is 1. The molecule has 5 nitrogen and oxygen atoms in total. The van der Waals surface area contributed by atoms with E-state index in [4.69, 9.17) is 5.26 Å². The van der Waals surface area contributed by atoms with Crippen LogP contribution >= 0.6 is 0 Å². The normalized spacial score (nSPS) is 12.4. The van der Waals surface area contributed by atoms with Crippen LogP contribution in [0.5, 0.6) is 0 Å². The molecule has 0 fully saturated rings. The van der Waals surface area contributed by atoms with Crippen molar-refractivity contribution in [1.82, 2.24) is 0 Å². The van der Waals surface area contributed by atoms with Crippen LogP contribution in [0.2, 0.25) is 5.32 Å². The van der Waals surface area contributed by atoms with Crippen LogP contribution in [-0.2, 0) is 17.2 Å². The van der Waals surface area contributed by atoms with Gasteiger partial charge >= 0.3 is 107 Å². The first-order valence-corrected chi connectivity index (χ1v) is 8.73. The summed E-state index contributed by atoms with van der Waals surface area (Å²) in [7, 11) is 1.17. The molecule has 0 radical (unpaired) electrons. The molecule has 0 heterocycles. The van der Waals surface area contributed by atoms with Gasteiger partial charge in [-0.2, -0.15) is 0 Å². The summed E-state index contributed by atoms with van der Waals surface area (Å²) in [6.07, 6.45) is -0.0366. The van der Waals surface area contributed by atoms with E-state index in [-0.39, 0.29) is 16.2 Å². The molecule has 1 aromatic carbocycles. The first-order valence-electron chi connectivity index (χ1n) is 5.26. The molecule has 0 aliphatic rings. The Labute approximate surface area is 107 Å². The second kappa shape index (κ2) is 6.29. The van der Waals surface area contributed by atoms with Gasteiger partial charge in [0, 0.05) is 0 Å². The minimum absolute atomic E-state index is 0.0366. The van der Waals surface area contributed by atoms with Crippen molar-refractivity contribution in [3.8, 4) is 6.07 Å². The van der Waals surface area contributed by atoms with Gasteiger partial charge in [-0.05, 0) is 0 Å². The van der Waals surface area contributed by atoms with E-state index in [1.165, 1.54) is 19.2 Å². The molecule has 0 amide bonds. The Balaban J connectivity index is 2.75. The van der Waals surface area contributed by atoms with Crippen LogP contribution < -0.4 is 4.46 Å². The molecule has 0 aliphatic carbocycles. The van der Waals surface area contributed by atoms with E-state index in [2.05, 4.69) is 4.74 Å². The zero-order valence-corrected chi connectivity index (χ0v) is 11.6. The van der Waals surface area contributed by atoms with Gasteiger partial charge in [0.25, 0.3) is 0 Å². The molecule has 0 spiro atoms. The molecule has 96 valence electrons. The van der Waals surface area contributed by atoms with Crippen molar-refractivity contribution in [2.45, 2.75) is 11.7 Å². The summed E-state index contributed by atoms with van der Waals surface area (Å²) in [4.78, 5) is 11.2. The Morgan fingerprint density at radius 3 is 2.50 bits per heavy atom. The summed E-state index contributed by atoms with van der Waals surface area (Å²) in [5, 5.41) is 8.57. The van der Waals surface area contributed by atoms with E-state index in [1.807, 2.05) is 0 Å². The van der Waals surface area contributed by atoms with Crippen LogP contribution in [0.15, 0.2) is 30.3 Å². The van der Waals surface area contributed by atoms with Gasteiger partial charge in [-0.15, -0.1) is 0 Å². The SMILES string of the molecule is COC(=O)[C@@H](C#N)CC[Se](=O)(=O)c1ccccc1.